The largest absolute Gasteiger partial charge is 0.497 e. The van der Waals surface area contributed by atoms with Crippen molar-refractivity contribution in [2.75, 3.05) is 7.11 Å². The maximum atomic E-state index is 13.4. The second kappa shape index (κ2) is 18.7. The quantitative estimate of drug-likeness (QED) is 0.0604. The zero-order valence-corrected chi connectivity index (χ0v) is 37.8. The molecule has 8 aromatic carbocycles. The summed E-state index contributed by atoms with van der Waals surface area (Å²) < 4.78 is 22.7. The van der Waals surface area contributed by atoms with Gasteiger partial charge in [-0.2, -0.15) is 0 Å². The molecule has 0 aliphatic heterocycles. The lowest BCUT2D eigenvalue weighted by molar-refractivity contribution is 0.0725. The molecule has 8 aromatic rings. The number of carbonyl (C=O) groups excluding carboxylic acids is 4. The van der Waals surface area contributed by atoms with E-state index in [1.54, 1.807) is 79.9 Å². The van der Waals surface area contributed by atoms with Crippen molar-refractivity contribution in [3.05, 3.63) is 214 Å². The standard InChI is InChI=1S/C58H50O8/c1-7-57(4,42-17-25-46(63-6)26-18-42)43-19-27-47(28-20-43)64-54(60)40-15-13-39-36-41(16-14-38(39)35-40)55(61)65-48-29-21-44(22-30-48)58(5,8-2)45-23-31-49(32-24-45)66-56(62)53-34-33-50(37(3)59)51-11-9-10-12-52(51)53/h9-36H,7-8H2,1-6H3. The number of Topliss-reactive ketones (excluding diaryl/α,β-unsaturated/α-hetero) is 1. The van der Waals surface area contributed by atoms with Gasteiger partial charge in [-0.1, -0.05) is 113 Å². The highest BCUT2D eigenvalue weighted by molar-refractivity contribution is 6.13. The molecule has 0 spiro atoms. The fourth-order valence-corrected chi connectivity index (χ4v) is 8.56. The van der Waals surface area contributed by atoms with E-state index in [4.69, 9.17) is 18.9 Å². The van der Waals surface area contributed by atoms with Crippen LogP contribution in [-0.2, 0) is 10.8 Å². The zero-order chi connectivity index (χ0) is 46.6. The van der Waals surface area contributed by atoms with Gasteiger partial charge in [-0.05, 0) is 148 Å². The van der Waals surface area contributed by atoms with Crippen molar-refractivity contribution in [1.82, 2.24) is 0 Å². The van der Waals surface area contributed by atoms with Crippen molar-refractivity contribution in [1.29, 1.82) is 0 Å². The van der Waals surface area contributed by atoms with Crippen LogP contribution in [0.2, 0.25) is 0 Å². The molecular weight excluding hydrogens is 825 g/mol. The van der Waals surface area contributed by atoms with Gasteiger partial charge in [-0.25, -0.2) is 14.4 Å². The Bertz CT molecular complexity index is 3100. The first-order chi connectivity index (χ1) is 31.8. The van der Waals surface area contributed by atoms with Crippen LogP contribution in [-0.4, -0.2) is 30.8 Å². The van der Waals surface area contributed by atoms with Gasteiger partial charge in [0, 0.05) is 16.4 Å². The SMILES string of the molecule is CCC(C)(c1ccc(OC)cc1)c1ccc(OC(=O)c2ccc3cc(C(=O)Oc4ccc(C(C)(CC)c5ccc(OC(=O)c6ccc(C(C)=O)c7ccccc67)cc5)cc4)ccc3c2)cc1. The van der Waals surface area contributed by atoms with Crippen LogP contribution in [0.1, 0.15) is 111 Å². The monoisotopic (exact) mass is 874 g/mol. The van der Waals surface area contributed by atoms with Gasteiger partial charge in [-0.3, -0.25) is 4.79 Å². The number of rotatable bonds is 14. The smallest absolute Gasteiger partial charge is 0.344 e. The highest BCUT2D eigenvalue weighted by Crippen LogP contribution is 2.39. The third kappa shape index (κ3) is 8.95. The lowest BCUT2D eigenvalue weighted by atomic mass is 9.74. The van der Waals surface area contributed by atoms with E-state index in [1.807, 2.05) is 84.9 Å². The minimum absolute atomic E-state index is 0.0726. The molecule has 0 saturated carbocycles. The number of ketones is 1. The van der Waals surface area contributed by atoms with Crippen LogP contribution in [0.25, 0.3) is 21.5 Å². The molecule has 2 unspecified atom stereocenters. The normalized spacial score (nSPS) is 13.0. The molecule has 2 atom stereocenters. The summed E-state index contributed by atoms with van der Waals surface area (Å²) in [6.07, 6.45) is 1.65. The minimum atomic E-state index is -0.507. The van der Waals surface area contributed by atoms with E-state index in [-0.39, 0.29) is 11.2 Å². The Hall–Kier alpha value is -7.84. The molecule has 0 N–H and O–H groups in total. The number of hydrogen-bond acceptors (Lipinski definition) is 8. The molecule has 330 valence electrons. The molecule has 0 aliphatic rings. The Morgan fingerprint density at radius 3 is 1.14 bits per heavy atom. The predicted octanol–water partition coefficient (Wildman–Crippen LogP) is 13.3. The van der Waals surface area contributed by atoms with Crippen LogP contribution in [0.15, 0.2) is 170 Å². The third-order valence-corrected chi connectivity index (χ3v) is 13.1. The highest BCUT2D eigenvalue weighted by Gasteiger charge is 2.29. The van der Waals surface area contributed by atoms with Gasteiger partial charge in [0.05, 0.1) is 23.8 Å². The van der Waals surface area contributed by atoms with Crippen LogP contribution in [0, 0.1) is 0 Å². The topological polar surface area (TPSA) is 105 Å². The summed E-state index contributed by atoms with van der Waals surface area (Å²) in [6, 6.07) is 51.8. The molecular formula is C58H50O8. The van der Waals surface area contributed by atoms with Crippen LogP contribution < -0.4 is 18.9 Å². The highest BCUT2D eigenvalue weighted by atomic mass is 16.5. The number of ether oxygens (including phenoxy) is 4. The first kappa shape index (κ1) is 44.8. The van der Waals surface area contributed by atoms with E-state index < -0.39 is 23.3 Å². The first-order valence-corrected chi connectivity index (χ1v) is 22.0. The van der Waals surface area contributed by atoms with Gasteiger partial charge < -0.3 is 18.9 Å². The Morgan fingerprint density at radius 1 is 0.424 bits per heavy atom. The number of esters is 3. The lowest BCUT2D eigenvalue weighted by Crippen LogP contribution is -2.22. The van der Waals surface area contributed by atoms with E-state index in [2.05, 4.69) is 39.8 Å². The van der Waals surface area contributed by atoms with Crippen molar-refractivity contribution >= 4 is 45.2 Å². The van der Waals surface area contributed by atoms with E-state index in [0.717, 1.165) is 46.1 Å². The van der Waals surface area contributed by atoms with Crippen LogP contribution in [0.4, 0.5) is 0 Å². The van der Waals surface area contributed by atoms with Crippen molar-refractivity contribution < 1.29 is 38.1 Å². The van der Waals surface area contributed by atoms with Gasteiger partial charge >= 0.3 is 17.9 Å². The number of carbonyl (C=O) groups is 4. The first-order valence-electron chi connectivity index (χ1n) is 22.0. The summed E-state index contributed by atoms with van der Waals surface area (Å²) in [5.41, 5.74) is 5.39. The summed E-state index contributed by atoms with van der Waals surface area (Å²) in [6.45, 7) is 10.1. The lowest BCUT2D eigenvalue weighted by Gasteiger charge is -2.30. The Morgan fingerprint density at radius 2 is 0.773 bits per heavy atom. The average Bonchev–Trinajstić information content (AvgIpc) is 3.35. The van der Waals surface area contributed by atoms with Crippen molar-refractivity contribution in [2.24, 2.45) is 0 Å². The molecule has 0 amide bonds. The summed E-state index contributed by atoms with van der Waals surface area (Å²) >= 11 is 0. The zero-order valence-electron chi connectivity index (χ0n) is 37.8. The molecule has 0 aromatic heterocycles. The van der Waals surface area contributed by atoms with Crippen LogP contribution in [0.3, 0.4) is 0 Å². The van der Waals surface area contributed by atoms with Gasteiger partial charge in [0.1, 0.15) is 23.0 Å². The van der Waals surface area contributed by atoms with Crippen molar-refractivity contribution in [3.63, 3.8) is 0 Å². The van der Waals surface area contributed by atoms with Gasteiger partial charge in [0.25, 0.3) is 0 Å². The van der Waals surface area contributed by atoms with Gasteiger partial charge in [0.15, 0.2) is 5.78 Å². The fraction of sp³-hybridized carbons (Fsp3) is 0.172. The van der Waals surface area contributed by atoms with Crippen molar-refractivity contribution in [2.45, 2.75) is 58.3 Å². The summed E-state index contributed by atoms with van der Waals surface area (Å²) in [4.78, 5) is 52.1. The summed E-state index contributed by atoms with van der Waals surface area (Å²) in [7, 11) is 1.66. The molecule has 0 heterocycles. The van der Waals surface area contributed by atoms with Crippen molar-refractivity contribution in [3.8, 4) is 23.0 Å². The fourth-order valence-electron chi connectivity index (χ4n) is 8.56. The summed E-state index contributed by atoms with van der Waals surface area (Å²) in [5.74, 6) is 0.494. The van der Waals surface area contributed by atoms with Gasteiger partial charge in [0.2, 0.25) is 0 Å². The van der Waals surface area contributed by atoms with Crippen LogP contribution >= 0.6 is 0 Å². The molecule has 0 fully saturated rings. The average molecular weight is 875 g/mol. The van der Waals surface area contributed by atoms with E-state index in [9.17, 15) is 19.2 Å². The number of hydrogen-bond donors (Lipinski definition) is 0. The maximum Gasteiger partial charge on any atom is 0.344 e. The predicted molar refractivity (Wildman–Crippen MR) is 259 cm³/mol. The molecule has 0 radical (unpaired) electrons. The third-order valence-electron chi connectivity index (χ3n) is 13.1. The Kier molecular flexibility index (Phi) is 12.7. The van der Waals surface area contributed by atoms with E-state index in [0.29, 0.717) is 50.3 Å². The molecule has 8 rings (SSSR count). The van der Waals surface area contributed by atoms with Gasteiger partial charge in [-0.15, -0.1) is 0 Å². The maximum absolute atomic E-state index is 13.4. The number of methoxy groups -OCH3 is 1. The summed E-state index contributed by atoms with van der Waals surface area (Å²) in [5, 5.41) is 2.92. The molecule has 0 bridgehead atoms. The second-order valence-corrected chi connectivity index (χ2v) is 16.9. The molecule has 8 heteroatoms. The molecule has 8 nitrogen and oxygen atoms in total. The Labute approximate surface area is 384 Å². The minimum Gasteiger partial charge on any atom is -0.497 e. The second-order valence-electron chi connectivity index (χ2n) is 16.9. The number of fused-ring (bicyclic) bond motifs is 2. The molecule has 66 heavy (non-hydrogen) atoms. The van der Waals surface area contributed by atoms with E-state index in [1.165, 1.54) is 12.5 Å². The molecule has 0 aliphatic carbocycles. The molecule has 0 saturated heterocycles. The van der Waals surface area contributed by atoms with Crippen LogP contribution in [0.5, 0.6) is 23.0 Å². The van der Waals surface area contributed by atoms with E-state index >= 15 is 0 Å². The Balaban J connectivity index is 0.892. The number of benzene rings is 8.